The number of methoxy groups -OCH3 is 1. The first-order chi connectivity index (χ1) is 20.2. The SMILES string of the molecule is COc1cc(F)c(C(C)C)cc1-c1ccc(C(F)(F)F)cc1CN1C(=O)OC(C2C=C(C(F)(F)F)C=C(C(F)(F)F)C2)C1C. The van der Waals surface area contributed by atoms with Gasteiger partial charge in [-0.15, -0.1) is 0 Å². The first-order valence-electron chi connectivity index (χ1n) is 13.3. The molecule has 0 spiro atoms. The highest BCUT2D eigenvalue weighted by Crippen LogP contribution is 2.44. The summed E-state index contributed by atoms with van der Waals surface area (Å²) in [6.07, 6.45) is -17.9. The van der Waals surface area contributed by atoms with Crippen LogP contribution in [0.5, 0.6) is 5.75 Å². The van der Waals surface area contributed by atoms with Crippen molar-refractivity contribution in [3.8, 4) is 16.9 Å². The number of ether oxygens (including phenoxy) is 2. The van der Waals surface area contributed by atoms with Gasteiger partial charge in [0.05, 0.1) is 30.8 Å². The van der Waals surface area contributed by atoms with Crippen molar-refractivity contribution < 1.29 is 58.2 Å². The van der Waals surface area contributed by atoms with E-state index in [0.717, 1.165) is 29.2 Å². The molecule has 14 heteroatoms. The van der Waals surface area contributed by atoms with Gasteiger partial charge in [-0.05, 0) is 60.2 Å². The Bertz CT molecular complexity index is 1490. The molecule has 2 aromatic carbocycles. The first-order valence-corrected chi connectivity index (χ1v) is 13.3. The van der Waals surface area contributed by atoms with Crippen LogP contribution >= 0.6 is 0 Å². The lowest BCUT2D eigenvalue weighted by molar-refractivity contribution is -0.137. The molecule has 0 aromatic heterocycles. The Morgan fingerprint density at radius 3 is 2.16 bits per heavy atom. The number of benzene rings is 2. The average molecular weight is 640 g/mol. The molecule has 1 amide bonds. The molecule has 0 radical (unpaired) electrons. The Morgan fingerprint density at radius 2 is 1.61 bits per heavy atom. The van der Waals surface area contributed by atoms with Crippen molar-refractivity contribution >= 4 is 6.09 Å². The minimum Gasteiger partial charge on any atom is -0.496 e. The molecule has 44 heavy (non-hydrogen) atoms. The largest absolute Gasteiger partial charge is 0.496 e. The molecule has 3 atom stereocenters. The van der Waals surface area contributed by atoms with Crippen molar-refractivity contribution in [2.24, 2.45) is 5.92 Å². The molecule has 1 heterocycles. The van der Waals surface area contributed by atoms with Crippen molar-refractivity contribution in [2.75, 3.05) is 7.11 Å². The van der Waals surface area contributed by atoms with Crippen LogP contribution in [-0.2, 0) is 17.5 Å². The smallest absolute Gasteiger partial charge is 0.416 e. The van der Waals surface area contributed by atoms with E-state index in [2.05, 4.69) is 0 Å². The van der Waals surface area contributed by atoms with E-state index in [1.807, 2.05) is 0 Å². The fourth-order valence-corrected chi connectivity index (χ4v) is 5.44. The number of alkyl halides is 9. The van der Waals surface area contributed by atoms with Crippen molar-refractivity contribution in [3.63, 3.8) is 0 Å². The maximum absolute atomic E-state index is 14.7. The second-order valence-electron chi connectivity index (χ2n) is 11.0. The molecule has 240 valence electrons. The van der Waals surface area contributed by atoms with Gasteiger partial charge in [0.25, 0.3) is 0 Å². The summed E-state index contributed by atoms with van der Waals surface area (Å²) in [5.74, 6) is -2.47. The molecule has 2 aromatic rings. The van der Waals surface area contributed by atoms with Crippen LogP contribution < -0.4 is 4.74 Å². The molecule has 1 aliphatic heterocycles. The number of cyclic esters (lactones) is 1. The second-order valence-corrected chi connectivity index (χ2v) is 11.0. The number of nitrogens with zero attached hydrogens (tertiary/aromatic N) is 1. The number of hydrogen-bond acceptors (Lipinski definition) is 3. The van der Waals surface area contributed by atoms with Crippen LogP contribution in [0.2, 0.25) is 0 Å². The van der Waals surface area contributed by atoms with Crippen LogP contribution in [0.4, 0.5) is 48.7 Å². The van der Waals surface area contributed by atoms with Gasteiger partial charge in [0, 0.05) is 23.1 Å². The summed E-state index contributed by atoms with van der Waals surface area (Å²) in [6.45, 7) is 4.17. The molecular formula is C30H27F10NO3. The number of hydrogen-bond donors (Lipinski definition) is 0. The maximum atomic E-state index is 14.7. The predicted molar refractivity (Wildman–Crippen MR) is 139 cm³/mol. The van der Waals surface area contributed by atoms with E-state index in [9.17, 15) is 48.7 Å². The van der Waals surface area contributed by atoms with Crippen molar-refractivity contribution in [3.05, 3.63) is 76.1 Å². The van der Waals surface area contributed by atoms with E-state index < -0.39 is 78.2 Å². The topological polar surface area (TPSA) is 38.8 Å². The highest BCUT2D eigenvalue weighted by atomic mass is 19.4. The summed E-state index contributed by atoms with van der Waals surface area (Å²) >= 11 is 0. The van der Waals surface area contributed by atoms with Crippen molar-refractivity contribution in [1.29, 1.82) is 0 Å². The van der Waals surface area contributed by atoms with Gasteiger partial charge in [-0.2, -0.15) is 39.5 Å². The molecule has 0 saturated carbocycles. The van der Waals surface area contributed by atoms with Gasteiger partial charge in [0.1, 0.15) is 17.7 Å². The average Bonchev–Trinajstić information content (AvgIpc) is 3.19. The molecular weight excluding hydrogens is 612 g/mol. The number of rotatable bonds is 6. The minimum atomic E-state index is -5.11. The third-order valence-corrected chi connectivity index (χ3v) is 7.74. The zero-order valence-corrected chi connectivity index (χ0v) is 23.7. The lowest BCUT2D eigenvalue weighted by Gasteiger charge is -2.30. The van der Waals surface area contributed by atoms with Crippen LogP contribution in [0.15, 0.2) is 53.6 Å². The fourth-order valence-electron chi connectivity index (χ4n) is 5.44. The summed E-state index contributed by atoms with van der Waals surface area (Å²) in [4.78, 5) is 13.9. The van der Waals surface area contributed by atoms with E-state index in [1.165, 1.54) is 20.1 Å². The summed E-state index contributed by atoms with van der Waals surface area (Å²) in [6, 6.07) is 4.04. The zero-order chi connectivity index (χ0) is 32.9. The molecule has 2 aliphatic rings. The van der Waals surface area contributed by atoms with Gasteiger partial charge in [-0.25, -0.2) is 9.18 Å². The molecule has 3 unspecified atom stereocenters. The van der Waals surface area contributed by atoms with Crippen LogP contribution in [0, 0.1) is 11.7 Å². The maximum Gasteiger partial charge on any atom is 0.416 e. The third-order valence-electron chi connectivity index (χ3n) is 7.74. The normalized spacial score (nSPS) is 21.4. The third kappa shape index (κ3) is 6.68. The summed E-state index contributed by atoms with van der Waals surface area (Å²) in [7, 11) is 1.23. The minimum absolute atomic E-state index is 0.00607. The second kappa shape index (κ2) is 11.7. The number of amides is 1. The molecule has 1 saturated heterocycles. The predicted octanol–water partition coefficient (Wildman–Crippen LogP) is 9.35. The van der Waals surface area contributed by atoms with E-state index in [0.29, 0.717) is 6.08 Å². The standard InChI is InChI=1S/C30H27F10NO3/c1-14(2)22-11-23(25(43-4)12-24(22)31)21-6-5-18(28(32,33)34)9-17(21)13-41-15(3)26(44-27(41)42)16-7-19(29(35,36)37)10-20(8-16)30(38,39)40/h5-7,9-12,14-16,26H,8,13H2,1-4H3. The molecule has 4 rings (SSSR count). The van der Waals surface area contributed by atoms with Crippen LogP contribution in [-0.4, -0.2) is 42.6 Å². The zero-order valence-electron chi connectivity index (χ0n) is 23.7. The Morgan fingerprint density at radius 1 is 0.955 bits per heavy atom. The van der Waals surface area contributed by atoms with Gasteiger partial charge in [0.2, 0.25) is 0 Å². The molecule has 1 aliphatic carbocycles. The number of halogens is 10. The monoisotopic (exact) mass is 639 g/mol. The number of carbonyl (C=O) groups excluding carboxylic acids is 1. The quantitative estimate of drug-likeness (QED) is 0.296. The van der Waals surface area contributed by atoms with Gasteiger partial charge in [-0.3, -0.25) is 4.90 Å². The van der Waals surface area contributed by atoms with Crippen LogP contribution in [0.1, 0.15) is 49.8 Å². The van der Waals surface area contributed by atoms with E-state index >= 15 is 0 Å². The van der Waals surface area contributed by atoms with Crippen molar-refractivity contribution in [2.45, 2.75) is 70.3 Å². The van der Waals surface area contributed by atoms with E-state index in [-0.39, 0.29) is 40.0 Å². The summed E-state index contributed by atoms with van der Waals surface area (Å²) < 4.78 is 147. The fraction of sp³-hybridized carbons (Fsp3) is 0.433. The number of carbonyl (C=O) groups is 1. The van der Waals surface area contributed by atoms with Gasteiger partial charge in [-0.1, -0.05) is 26.0 Å². The van der Waals surface area contributed by atoms with Gasteiger partial charge < -0.3 is 9.47 Å². The lowest BCUT2D eigenvalue weighted by Crippen LogP contribution is -2.38. The Kier molecular flexibility index (Phi) is 8.79. The van der Waals surface area contributed by atoms with E-state index in [4.69, 9.17) is 9.47 Å². The van der Waals surface area contributed by atoms with E-state index in [1.54, 1.807) is 13.8 Å². The van der Waals surface area contributed by atoms with Gasteiger partial charge in [0.15, 0.2) is 0 Å². The Balaban J connectivity index is 1.76. The first kappa shape index (κ1) is 33.2. The highest BCUT2D eigenvalue weighted by molar-refractivity contribution is 5.76. The molecule has 1 fully saturated rings. The highest BCUT2D eigenvalue weighted by Gasteiger charge is 2.48. The Hall–Kier alpha value is -3.71. The lowest BCUT2D eigenvalue weighted by atomic mass is 9.83. The Labute approximate surface area is 245 Å². The van der Waals surface area contributed by atoms with Crippen LogP contribution in [0.3, 0.4) is 0 Å². The van der Waals surface area contributed by atoms with Crippen molar-refractivity contribution in [1.82, 2.24) is 4.90 Å². The summed E-state index contributed by atoms with van der Waals surface area (Å²) in [5.41, 5.74) is -3.59. The molecule has 0 bridgehead atoms. The van der Waals surface area contributed by atoms with Crippen LogP contribution in [0.25, 0.3) is 11.1 Å². The van der Waals surface area contributed by atoms with Gasteiger partial charge >= 0.3 is 24.6 Å². The molecule has 4 nitrogen and oxygen atoms in total. The molecule has 0 N–H and O–H groups in total. The number of allylic oxidation sites excluding steroid dienone is 3. The summed E-state index contributed by atoms with van der Waals surface area (Å²) in [5, 5.41) is 0.